The summed E-state index contributed by atoms with van der Waals surface area (Å²) < 4.78 is 5.89. The number of fused-ring (bicyclic) bond motifs is 2. The van der Waals surface area contributed by atoms with Crippen LogP contribution in [0.5, 0.6) is 0 Å². The van der Waals surface area contributed by atoms with Crippen LogP contribution in [0.3, 0.4) is 0 Å². The first-order valence-corrected chi connectivity index (χ1v) is 9.81. The van der Waals surface area contributed by atoms with Gasteiger partial charge in [-0.2, -0.15) is 0 Å². The van der Waals surface area contributed by atoms with Crippen LogP contribution in [-0.4, -0.2) is 62.3 Å². The summed E-state index contributed by atoms with van der Waals surface area (Å²) in [6, 6.07) is 0. The van der Waals surface area contributed by atoms with Crippen LogP contribution in [0.2, 0.25) is 0 Å². The number of aliphatic hydroxyl groups is 5. The van der Waals surface area contributed by atoms with Crippen molar-refractivity contribution < 1.29 is 30.3 Å². The molecule has 6 fully saturated rings. The third-order valence-electron chi connectivity index (χ3n) is 9.02. The second-order valence-corrected chi connectivity index (χ2v) is 10.3. The van der Waals surface area contributed by atoms with Gasteiger partial charge in [-0.15, -0.1) is 0 Å². The Hall–Kier alpha value is -0.500. The second kappa shape index (κ2) is 4.73. The van der Waals surface area contributed by atoms with Crippen LogP contribution in [-0.2, 0) is 4.74 Å². The van der Waals surface area contributed by atoms with Gasteiger partial charge in [-0.3, -0.25) is 0 Å². The summed E-state index contributed by atoms with van der Waals surface area (Å²) in [5.41, 5.74) is -1.84. The van der Waals surface area contributed by atoms with Gasteiger partial charge in [0, 0.05) is 17.3 Å². The molecule has 2 saturated heterocycles. The van der Waals surface area contributed by atoms with E-state index >= 15 is 0 Å². The van der Waals surface area contributed by atoms with Crippen LogP contribution in [0.25, 0.3) is 0 Å². The lowest BCUT2D eigenvalue weighted by Crippen LogP contribution is -2.85. The van der Waals surface area contributed by atoms with Crippen molar-refractivity contribution in [2.24, 2.45) is 34.0 Å². The highest BCUT2D eigenvalue weighted by molar-refractivity contribution is 5.36. The van der Waals surface area contributed by atoms with Crippen LogP contribution in [0.4, 0.5) is 0 Å². The summed E-state index contributed by atoms with van der Waals surface area (Å²) in [5.74, 6) is -3.02. The van der Waals surface area contributed by atoms with Gasteiger partial charge in [-0.25, -0.2) is 0 Å². The molecule has 2 heterocycles. The largest absolute Gasteiger partial charge is 0.393 e. The fourth-order valence-electron chi connectivity index (χ4n) is 8.13. The molecule has 4 saturated carbocycles. The Balaban J connectivity index is 1.80. The number of hydrogen-bond acceptors (Lipinski definition) is 6. The maximum Gasteiger partial charge on any atom is 0.201 e. The van der Waals surface area contributed by atoms with Crippen LogP contribution < -0.4 is 0 Å². The van der Waals surface area contributed by atoms with E-state index in [0.717, 1.165) is 6.42 Å². The molecule has 6 aliphatic rings. The van der Waals surface area contributed by atoms with Crippen LogP contribution in [0, 0.1) is 34.0 Å². The van der Waals surface area contributed by atoms with Crippen molar-refractivity contribution >= 4 is 0 Å². The molecule has 5 N–H and O–H groups in total. The van der Waals surface area contributed by atoms with Gasteiger partial charge in [-0.1, -0.05) is 20.4 Å². The minimum Gasteiger partial charge on any atom is -0.393 e. The Morgan fingerprint density at radius 2 is 1.81 bits per heavy atom. The minimum absolute atomic E-state index is 0.0865. The smallest absolute Gasteiger partial charge is 0.201 e. The summed E-state index contributed by atoms with van der Waals surface area (Å²) in [7, 11) is 0. The molecule has 2 spiro atoms. The van der Waals surface area contributed by atoms with E-state index in [1.165, 1.54) is 0 Å². The molecule has 0 aromatic rings. The first-order chi connectivity index (χ1) is 12.0. The third kappa shape index (κ3) is 1.52. The van der Waals surface area contributed by atoms with Gasteiger partial charge >= 0.3 is 0 Å². The molecule has 0 amide bonds. The number of aliphatic hydroxyl groups excluding tert-OH is 4. The summed E-state index contributed by atoms with van der Waals surface area (Å²) in [6.45, 7) is 8.20. The standard InChI is InChI=1S/C20H30O6/c1-9-10-6-11(21)13-18-8-26-20(25,19(13,7-10)15(9)23)16(24)14(18)17(2,3)5-4-12(18)22/h10-16,21-25H,1,4-8H2,2-3H3/t10-,11+,12+,13+,14-,15-,16+,18+,19+,20+/m1/s1. The molecule has 0 radical (unpaired) electrons. The Morgan fingerprint density at radius 1 is 1.12 bits per heavy atom. The molecule has 0 aromatic heterocycles. The van der Waals surface area contributed by atoms with Gasteiger partial charge in [0.2, 0.25) is 5.79 Å². The zero-order chi connectivity index (χ0) is 18.9. The van der Waals surface area contributed by atoms with Gasteiger partial charge in [0.15, 0.2) is 0 Å². The molecular formula is C20H30O6. The average molecular weight is 366 g/mol. The lowest BCUT2D eigenvalue weighted by atomic mass is 9.35. The van der Waals surface area contributed by atoms with E-state index in [-0.39, 0.29) is 17.9 Å². The van der Waals surface area contributed by atoms with Crippen molar-refractivity contribution in [2.45, 2.75) is 69.7 Å². The van der Waals surface area contributed by atoms with Crippen molar-refractivity contribution in [2.75, 3.05) is 6.61 Å². The molecule has 6 nitrogen and oxygen atoms in total. The topological polar surface area (TPSA) is 110 Å². The van der Waals surface area contributed by atoms with E-state index in [1.54, 1.807) is 0 Å². The first-order valence-electron chi connectivity index (χ1n) is 9.81. The van der Waals surface area contributed by atoms with Crippen LogP contribution in [0.1, 0.15) is 39.5 Å². The lowest BCUT2D eigenvalue weighted by molar-refractivity contribution is -0.473. The molecule has 10 atom stereocenters. The van der Waals surface area contributed by atoms with Crippen molar-refractivity contribution in [1.82, 2.24) is 0 Å². The normalized spacial score (nSPS) is 62.7. The maximum absolute atomic E-state index is 11.7. The van der Waals surface area contributed by atoms with E-state index in [9.17, 15) is 25.5 Å². The Morgan fingerprint density at radius 3 is 2.50 bits per heavy atom. The van der Waals surface area contributed by atoms with Crippen molar-refractivity contribution in [1.29, 1.82) is 0 Å². The molecular weight excluding hydrogens is 336 g/mol. The molecule has 6 rings (SSSR count). The predicted octanol–water partition coefficient (Wildman–Crippen LogP) is 0.167. The van der Waals surface area contributed by atoms with Gasteiger partial charge in [0.25, 0.3) is 0 Å². The Labute approximate surface area is 153 Å². The molecule has 0 aromatic carbocycles. The van der Waals surface area contributed by atoms with Crippen molar-refractivity contribution in [3.05, 3.63) is 12.2 Å². The van der Waals surface area contributed by atoms with Gasteiger partial charge in [0.05, 0.1) is 30.3 Å². The fraction of sp³-hybridized carbons (Fsp3) is 0.900. The molecule has 26 heavy (non-hydrogen) atoms. The maximum atomic E-state index is 11.7. The van der Waals surface area contributed by atoms with Gasteiger partial charge in [0.1, 0.15) is 6.10 Å². The molecule has 6 heteroatoms. The van der Waals surface area contributed by atoms with Crippen LogP contribution >= 0.6 is 0 Å². The van der Waals surface area contributed by atoms with Gasteiger partial charge < -0.3 is 30.3 Å². The van der Waals surface area contributed by atoms with E-state index in [4.69, 9.17) is 4.74 Å². The second-order valence-electron chi connectivity index (χ2n) is 10.3. The van der Waals surface area contributed by atoms with E-state index in [2.05, 4.69) is 6.58 Å². The zero-order valence-electron chi connectivity index (χ0n) is 15.4. The van der Waals surface area contributed by atoms with Crippen molar-refractivity contribution in [3.8, 4) is 0 Å². The van der Waals surface area contributed by atoms with Crippen LogP contribution in [0.15, 0.2) is 12.2 Å². The SMILES string of the molecule is C=C1[C@@H]2C[C@H](O)[C@H]3[C@@]45CO[C@@](O)([C@@H](O)[C@@H]4C(C)(C)CC[C@@H]5O)[C@]3(C2)[C@@H]1O. The summed E-state index contributed by atoms with van der Waals surface area (Å²) in [4.78, 5) is 0. The highest BCUT2D eigenvalue weighted by atomic mass is 16.6. The fourth-order valence-corrected chi connectivity index (χ4v) is 8.13. The quantitative estimate of drug-likeness (QED) is 0.391. The summed E-state index contributed by atoms with van der Waals surface area (Å²) >= 11 is 0. The van der Waals surface area contributed by atoms with Gasteiger partial charge in [-0.05, 0) is 42.6 Å². The summed E-state index contributed by atoms with van der Waals surface area (Å²) in [5, 5.41) is 56.4. The molecule has 4 aliphatic carbocycles. The van der Waals surface area contributed by atoms with E-state index in [0.29, 0.717) is 24.8 Å². The van der Waals surface area contributed by atoms with E-state index in [1.807, 2.05) is 13.8 Å². The highest BCUT2D eigenvalue weighted by Gasteiger charge is 2.85. The number of ether oxygens (including phenoxy) is 1. The molecule has 4 bridgehead atoms. The molecule has 146 valence electrons. The first kappa shape index (κ1) is 17.6. The third-order valence-corrected chi connectivity index (χ3v) is 9.02. The Bertz CT molecular complexity index is 677. The highest BCUT2D eigenvalue weighted by Crippen LogP contribution is 2.77. The predicted molar refractivity (Wildman–Crippen MR) is 91.7 cm³/mol. The monoisotopic (exact) mass is 366 g/mol. The minimum atomic E-state index is -1.95. The number of rotatable bonds is 0. The Kier molecular flexibility index (Phi) is 3.20. The zero-order valence-corrected chi connectivity index (χ0v) is 15.4. The summed E-state index contributed by atoms with van der Waals surface area (Å²) in [6.07, 6.45) is -1.67. The average Bonchev–Trinajstić information content (AvgIpc) is 2.76. The number of hydrogen-bond donors (Lipinski definition) is 5. The molecule has 2 aliphatic heterocycles. The molecule has 0 unspecified atom stereocenters. The van der Waals surface area contributed by atoms with E-state index < -0.39 is 52.9 Å². The van der Waals surface area contributed by atoms with Crippen molar-refractivity contribution in [3.63, 3.8) is 0 Å². The lowest BCUT2D eigenvalue weighted by Gasteiger charge is -2.75.